The van der Waals surface area contributed by atoms with E-state index in [2.05, 4.69) is 35.6 Å². The van der Waals surface area contributed by atoms with E-state index in [0.717, 1.165) is 23.5 Å². The van der Waals surface area contributed by atoms with Gasteiger partial charge in [-0.25, -0.2) is 4.98 Å². The number of hydrogen-bond acceptors (Lipinski definition) is 5. The maximum Gasteiger partial charge on any atom is 0.255 e. The summed E-state index contributed by atoms with van der Waals surface area (Å²) in [6.07, 6.45) is 4.60. The number of nitrogens with zero attached hydrogens (tertiary/aromatic N) is 1. The molecule has 0 fully saturated rings. The molecule has 0 saturated carbocycles. The van der Waals surface area contributed by atoms with Crippen LogP contribution in [0.1, 0.15) is 28.4 Å². The van der Waals surface area contributed by atoms with Gasteiger partial charge in [0, 0.05) is 17.6 Å². The number of carbonyl (C=O) groups excluding carboxylic acids is 1. The molecule has 3 aromatic rings. The fraction of sp³-hybridized carbons (Fsp3) is 0.182. The molecule has 2 aromatic carbocycles. The Bertz CT molecular complexity index is 958. The average Bonchev–Trinajstić information content (AvgIpc) is 2.73. The zero-order valence-electron chi connectivity index (χ0n) is 15.9. The number of ether oxygens (including phenoxy) is 1. The summed E-state index contributed by atoms with van der Waals surface area (Å²) < 4.78 is 5.96. The second kappa shape index (κ2) is 9.28. The number of nitrogens with one attached hydrogen (secondary N) is 1. The van der Waals surface area contributed by atoms with Gasteiger partial charge in [0.05, 0.1) is 5.56 Å². The summed E-state index contributed by atoms with van der Waals surface area (Å²) in [5.41, 5.74) is 8.35. The fourth-order valence-corrected chi connectivity index (χ4v) is 3.46. The number of aryl methyl sites for hydroxylation is 1. The van der Waals surface area contributed by atoms with E-state index in [0.29, 0.717) is 12.1 Å². The minimum Gasteiger partial charge on any atom is -0.457 e. The molecule has 1 heterocycles. The van der Waals surface area contributed by atoms with Crippen LogP contribution in [0.4, 0.5) is 5.82 Å². The van der Waals surface area contributed by atoms with Crippen molar-refractivity contribution in [1.82, 2.24) is 10.3 Å². The number of anilines is 1. The van der Waals surface area contributed by atoms with Crippen LogP contribution in [0.25, 0.3) is 0 Å². The summed E-state index contributed by atoms with van der Waals surface area (Å²) in [6, 6.07) is 17.2. The Kier molecular flexibility index (Phi) is 6.55. The minimum absolute atomic E-state index is 0.225. The first-order chi connectivity index (χ1) is 13.6. The lowest BCUT2D eigenvalue weighted by Crippen LogP contribution is -2.24. The summed E-state index contributed by atoms with van der Waals surface area (Å²) in [4.78, 5) is 17.4. The second-order valence-electron chi connectivity index (χ2n) is 6.19. The third-order valence-corrected chi connectivity index (χ3v) is 5.17. The number of benzene rings is 2. The molecule has 6 heteroatoms. The van der Waals surface area contributed by atoms with Crippen LogP contribution < -0.4 is 15.8 Å². The number of nitrogen functional groups attached to an aromatic ring is 1. The average molecular weight is 394 g/mol. The first-order valence-electron chi connectivity index (χ1n) is 9.03. The molecular formula is C22H23N3O2S. The lowest BCUT2D eigenvalue weighted by molar-refractivity contribution is 0.0951. The number of thioether (sulfide) groups is 1. The van der Waals surface area contributed by atoms with Gasteiger partial charge >= 0.3 is 0 Å². The maximum atomic E-state index is 12.2. The lowest BCUT2D eigenvalue weighted by atomic mass is 10.1. The maximum absolute atomic E-state index is 12.2. The molecule has 0 saturated heterocycles. The Labute approximate surface area is 169 Å². The number of pyridine rings is 1. The quantitative estimate of drug-likeness (QED) is 0.571. The van der Waals surface area contributed by atoms with E-state index in [-0.39, 0.29) is 11.7 Å². The zero-order valence-corrected chi connectivity index (χ0v) is 16.8. The van der Waals surface area contributed by atoms with E-state index < -0.39 is 0 Å². The lowest BCUT2D eigenvalue weighted by Gasteiger charge is -2.11. The van der Waals surface area contributed by atoms with Gasteiger partial charge in [0.25, 0.3) is 5.91 Å². The molecule has 28 heavy (non-hydrogen) atoms. The molecule has 0 bridgehead atoms. The molecule has 1 aromatic heterocycles. The molecule has 0 aliphatic carbocycles. The molecule has 0 spiro atoms. The van der Waals surface area contributed by atoms with E-state index in [1.54, 1.807) is 30.1 Å². The normalized spacial score (nSPS) is 10.5. The van der Waals surface area contributed by atoms with E-state index >= 15 is 0 Å². The van der Waals surface area contributed by atoms with Gasteiger partial charge in [0.15, 0.2) is 0 Å². The first-order valence-corrected chi connectivity index (χ1v) is 10.3. The summed E-state index contributed by atoms with van der Waals surface area (Å²) in [5.74, 6) is 1.56. The van der Waals surface area contributed by atoms with Gasteiger partial charge in [0.2, 0.25) is 0 Å². The fourth-order valence-electron chi connectivity index (χ4n) is 2.79. The molecule has 0 aliphatic rings. The molecule has 0 atom stereocenters. The SMILES string of the molecule is CCc1cc(Oc2ccc(CNC(=O)c3cccnc3N)cc2)ccc1SC. The van der Waals surface area contributed by atoms with Gasteiger partial charge in [0.1, 0.15) is 17.3 Å². The Morgan fingerprint density at radius 1 is 1.14 bits per heavy atom. The Balaban J connectivity index is 1.61. The molecule has 5 nitrogen and oxygen atoms in total. The van der Waals surface area contributed by atoms with Gasteiger partial charge < -0.3 is 15.8 Å². The highest BCUT2D eigenvalue weighted by molar-refractivity contribution is 7.98. The number of hydrogen-bond donors (Lipinski definition) is 2. The van der Waals surface area contributed by atoms with Crippen molar-refractivity contribution in [2.45, 2.75) is 24.8 Å². The van der Waals surface area contributed by atoms with E-state index in [4.69, 9.17) is 10.5 Å². The van der Waals surface area contributed by atoms with Gasteiger partial charge in [-0.3, -0.25) is 4.79 Å². The summed E-state index contributed by atoms with van der Waals surface area (Å²) in [6.45, 7) is 2.54. The third-order valence-electron chi connectivity index (χ3n) is 4.33. The van der Waals surface area contributed by atoms with Crippen LogP contribution in [-0.4, -0.2) is 17.1 Å². The summed E-state index contributed by atoms with van der Waals surface area (Å²) in [7, 11) is 0. The van der Waals surface area contributed by atoms with Crippen LogP contribution >= 0.6 is 11.8 Å². The Morgan fingerprint density at radius 2 is 1.89 bits per heavy atom. The molecule has 1 amide bonds. The van der Waals surface area contributed by atoms with Crippen molar-refractivity contribution in [2.75, 3.05) is 12.0 Å². The Hall–Kier alpha value is -2.99. The number of nitrogens with two attached hydrogens (primary N) is 1. The molecule has 0 unspecified atom stereocenters. The molecule has 3 N–H and O–H groups in total. The predicted octanol–water partition coefficient (Wildman–Crippen LogP) is 4.67. The standard InChI is InChI=1S/C22H23N3O2S/c1-3-16-13-18(10-11-20(16)28-2)27-17-8-6-15(7-9-17)14-25-22(26)19-5-4-12-24-21(19)23/h4-13H,3,14H2,1-2H3,(H2,23,24)(H,25,26). The van der Waals surface area contributed by atoms with Crippen LogP contribution in [0.3, 0.4) is 0 Å². The summed E-state index contributed by atoms with van der Waals surface area (Å²) in [5, 5.41) is 2.85. The van der Waals surface area contributed by atoms with Crippen molar-refractivity contribution < 1.29 is 9.53 Å². The van der Waals surface area contributed by atoms with E-state index in [9.17, 15) is 4.79 Å². The zero-order chi connectivity index (χ0) is 19.9. The number of carbonyl (C=O) groups is 1. The van der Waals surface area contributed by atoms with Gasteiger partial charge in [-0.1, -0.05) is 19.1 Å². The van der Waals surface area contributed by atoms with E-state index in [1.807, 2.05) is 30.3 Å². The van der Waals surface area contributed by atoms with Crippen molar-refractivity contribution >= 4 is 23.5 Å². The topological polar surface area (TPSA) is 77.2 Å². The monoisotopic (exact) mass is 393 g/mol. The molecule has 3 rings (SSSR count). The molecule has 144 valence electrons. The smallest absolute Gasteiger partial charge is 0.255 e. The first kappa shape index (κ1) is 19.8. The van der Waals surface area contributed by atoms with Crippen LogP contribution in [-0.2, 0) is 13.0 Å². The van der Waals surface area contributed by atoms with Crippen molar-refractivity contribution in [2.24, 2.45) is 0 Å². The van der Waals surface area contributed by atoms with Gasteiger partial charge in [-0.15, -0.1) is 11.8 Å². The van der Waals surface area contributed by atoms with Crippen molar-refractivity contribution in [3.05, 3.63) is 77.5 Å². The van der Waals surface area contributed by atoms with Crippen molar-refractivity contribution in [1.29, 1.82) is 0 Å². The highest BCUT2D eigenvalue weighted by Gasteiger charge is 2.09. The predicted molar refractivity (Wildman–Crippen MR) is 114 cm³/mol. The van der Waals surface area contributed by atoms with Gasteiger partial charge in [-0.2, -0.15) is 0 Å². The Morgan fingerprint density at radius 3 is 2.57 bits per heavy atom. The molecular weight excluding hydrogens is 370 g/mol. The number of amides is 1. The molecule has 0 radical (unpaired) electrons. The van der Waals surface area contributed by atoms with Crippen LogP contribution in [0.2, 0.25) is 0 Å². The third kappa shape index (κ3) is 4.84. The highest BCUT2D eigenvalue weighted by atomic mass is 32.2. The van der Waals surface area contributed by atoms with Crippen LogP contribution in [0.15, 0.2) is 65.7 Å². The van der Waals surface area contributed by atoms with Gasteiger partial charge in [-0.05, 0) is 66.3 Å². The van der Waals surface area contributed by atoms with E-state index in [1.165, 1.54) is 10.5 Å². The van der Waals surface area contributed by atoms with Crippen LogP contribution in [0.5, 0.6) is 11.5 Å². The van der Waals surface area contributed by atoms with Crippen molar-refractivity contribution in [3.8, 4) is 11.5 Å². The largest absolute Gasteiger partial charge is 0.457 e. The highest BCUT2D eigenvalue weighted by Crippen LogP contribution is 2.28. The second-order valence-corrected chi connectivity index (χ2v) is 7.04. The van der Waals surface area contributed by atoms with Crippen LogP contribution in [0, 0.1) is 0 Å². The minimum atomic E-state index is -0.244. The number of rotatable bonds is 7. The summed E-state index contributed by atoms with van der Waals surface area (Å²) >= 11 is 1.74. The van der Waals surface area contributed by atoms with Crippen molar-refractivity contribution in [3.63, 3.8) is 0 Å². The number of aromatic nitrogens is 1. The molecule has 0 aliphatic heterocycles.